The van der Waals surface area contributed by atoms with Gasteiger partial charge in [-0.05, 0) is 12.5 Å². The molecule has 0 aromatic carbocycles. The Morgan fingerprint density at radius 1 is 1.55 bits per heavy atom. The molecule has 1 aliphatic rings. The summed E-state index contributed by atoms with van der Waals surface area (Å²) in [4.78, 5) is 1.44. The predicted octanol–water partition coefficient (Wildman–Crippen LogP) is 0.809. The molecule has 11 heavy (non-hydrogen) atoms. The minimum Gasteiger partial charge on any atom is -0.512 e. The summed E-state index contributed by atoms with van der Waals surface area (Å²) in [6.45, 7) is 6.96. The number of hydrogen-bond donors (Lipinski definition) is 1. The number of allylic oxidation sites excluding steroid dienone is 3. The highest BCUT2D eigenvalue weighted by Gasteiger charge is 2.08. The van der Waals surface area contributed by atoms with Gasteiger partial charge in [-0.3, -0.25) is 4.90 Å². The molecule has 0 amide bonds. The van der Waals surface area contributed by atoms with Gasteiger partial charge in [-0.2, -0.15) is 0 Å². The maximum Gasteiger partial charge on any atom is 0.112 e. The van der Waals surface area contributed by atoms with E-state index in [1.807, 2.05) is 0 Å². The molecule has 1 rings (SSSR count). The lowest BCUT2D eigenvalue weighted by Crippen LogP contribution is -3.01. The molecule has 0 aromatic heterocycles. The van der Waals surface area contributed by atoms with Crippen LogP contribution in [0.4, 0.5) is 0 Å². The molecule has 0 bridgehead atoms. The van der Waals surface area contributed by atoms with Crippen molar-refractivity contribution < 1.29 is 4.90 Å². The summed E-state index contributed by atoms with van der Waals surface area (Å²) < 4.78 is 0. The molecule has 2 heteroatoms. The Bertz CT molecular complexity index is 177. The van der Waals surface area contributed by atoms with E-state index in [4.69, 9.17) is 11.8 Å². The van der Waals surface area contributed by atoms with E-state index in [2.05, 4.69) is 32.3 Å². The first-order valence-corrected chi connectivity index (χ1v) is 3.78. The average molecular weight is 150 g/mol. The summed E-state index contributed by atoms with van der Waals surface area (Å²) in [5.74, 6) is 0. The molecule has 60 valence electrons. The molecule has 0 saturated heterocycles. The lowest BCUT2D eigenvalue weighted by molar-refractivity contribution is -0.780. The number of nitrogens with one attached hydrogen (secondary N) is 1. The summed E-state index contributed by atoms with van der Waals surface area (Å²) in [5.41, 5.74) is 1.51. The second-order valence-corrected chi connectivity index (χ2v) is 2.48. The molecule has 0 aliphatic carbocycles. The summed E-state index contributed by atoms with van der Waals surface area (Å²) in [5, 5.41) is 6.25. The first-order valence-electron chi connectivity index (χ1n) is 3.78. The van der Waals surface area contributed by atoms with Crippen LogP contribution in [0, 0.1) is 11.8 Å². The monoisotopic (exact) mass is 150 g/mol. The number of rotatable bonds is 2. The van der Waals surface area contributed by atoms with Gasteiger partial charge < -0.3 is 11.8 Å². The average Bonchev–Trinajstić information content (AvgIpc) is 2.42. The van der Waals surface area contributed by atoms with Crippen LogP contribution in [0.5, 0.6) is 0 Å². The van der Waals surface area contributed by atoms with Crippen LogP contribution in [-0.4, -0.2) is 7.05 Å². The molecular formula is C9H14N2. The van der Waals surface area contributed by atoms with Crippen molar-refractivity contribution in [3.63, 3.8) is 0 Å². The molecular weight excluding hydrogens is 136 g/mol. The molecule has 1 unspecified atom stereocenters. The number of nitrogens with zero attached hydrogens (tertiary/aromatic N) is 1. The van der Waals surface area contributed by atoms with Crippen LogP contribution >= 0.6 is 0 Å². The molecule has 0 radical (unpaired) electrons. The van der Waals surface area contributed by atoms with E-state index in [1.54, 1.807) is 0 Å². The Hall–Kier alpha value is -1.07. The lowest BCUT2D eigenvalue weighted by atomic mass is 10.2. The smallest absolute Gasteiger partial charge is 0.112 e. The summed E-state index contributed by atoms with van der Waals surface area (Å²) >= 11 is 0. The normalized spacial score (nSPS) is 20.4. The van der Waals surface area contributed by atoms with E-state index in [1.165, 1.54) is 23.4 Å². The van der Waals surface area contributed by atoms with E-state index in [0.717, 1.165) is 0 Å². The van der Waals surface area contributed by atoms with Crippen LogP contribution in [0.3, 0.4) is 0 Å². The highest BCUT2D eigenvalue weighted by molar-refractivity contribution is 5.09. The van der Waals surface area contributed by atoms with Gasteiger partial charge in [-0.15, -0.1) is 0 Å². The van der Waals surface area contributed by atoms with Crippen molar-refractivity contribution in [1.82, 2.24) is 0 Å². The van der Waals surface area contributed by atoms with Gasteiger partial charge in [0.1, 0.15) is 5.70 Å². The van der Waals surface area contributed by atoms with Crippen molar-refractivity contribution in [2.24, 2.45) is 0 Å². The van der Waals surface area contributed by atoms with Gasteiger partial charge in [-0.1, -0.05) is 6.92 Å². The maximum absolute atomic E-state index is 6.25. The maximum atomic E-state index is 6.25. The third-order valence-corrected chi connectivity index (χ3v) is 1.67. The molecule has 2 nitrogen and oxygen atoms in total. The van der Waals surface area contributed by atoms with Crippen molar-refractivity contribution in [2.75, 3.05) is 7.05 Å². The fourth-order valence-corrected chi connectivity index (χ4v) is 1.10. The molecule has 0 spiro atoms. The van der Waals surface area contributed by atoms with Crippen LogP contribution < -0.4 is 4.90 Å². The number of quaternary nitrogens is 1. The summed E-state index contributed by atoms with van der Waals surface area (Å²) in [7, 11) is 2.17. The van der Waals surface area contributed by atoms with E-state index in [9.17, 15) is 0 Å². The Morgan fingerprint density at radius 2 is 2.18 bits per heavy atom. The van der Waals surface area contributed by atoms with Gasteiger partial charge in [0.2, 0.25) is 0 Å². The van der Waals surface area contributed by atoms with Crippen molar-refractivity contribution in [1.29, 1.82) is 5.26 Å². The highest BCUT2D eigenvalue weighted by Crippen LogP contribution is 1.99. The first kappa shape index (κ1) is 9.93. The zero-order valence-electron chi connectivity index (χ0n) is 7.09. The summed E-state index contributed by atoms with van der Waals surface area (Å²) in [6, 6.07) is 0. The Morgan fingerprint density at radius 3 is 2.55 bits per heavy atom. The van der Waals surface area contributed by atoms with Gasteiger partial charge in [0.25, 0.3) is 0 Å². The van der Waals surface area contributed by atoms with E-state index < -0.39 is 0 Å². The molecule has 1 aliphatic heterocycles. The van der Waals surface area contributed by atoms with Gasteiger partial charge in [0, 0.05) is 12.5 Å². The second-order valence-electron chi connectivity index (χ2n) is 2.48. The Balaban J connectivity index is 0.000000461. The van der Waals surface area contributed by atoms with Crippen LogP contribution in [0.15, 0.2) is 24.0 Å². The minimum atomic E-state index is 1.23. The van der Waals surface area contributed by atoms with Crippen molar-refractivity contribution in [3.05, 3.63) is 30.6 Å². The highest BCUT2D eigenvalue weighted by atomic mass is 15.1. The quantitative estimate of drug-likeness (QED) is 0.580. The van der Waals surface area contributed by atoms with E-state index in [0.29, 0.717) is 0 Å². The fourth-order valence-electron chi connectivity index (χ4n) is 1.10. The van der Waals surface area contributed by atoms with Gasteiger partial charge in [0.05, 0.1) is 13.2 Å². The van der Waals surface area contributed by atoms with E-state index in [-0.39, 0.29) is 0 Å². The third-order valence-electron chi connectivity index (χ3n) is 1.67. The Kier molecular flexibility index (Phi) is 5.14. The molecule has 0 fully saturated rings. The standard InChI is InChI=1S/C8H13N.CN/c1-3-5-8-6-4-7-9(8)2;1-2/h4,6-7H,3,5H2,1-2H3;/q;-1/p+1. The van der Waals surface area contributed by atoms with Crippen molar-refractivity contribution in [3.8, 4) is 0 Å². The van der Waals surface area contributed by atoms with Crippen LogP contribution in [0.1, 0.15) is 19.8 Å². The van der Waals surface area contributed by atoms with Gasteiger partial charge in [0.15, 0.2) is 0 Å². The second kappa shape index (κ2) is 5.70. The van der Waals surface area contributed by atoms with Crippen LogP contribution in [0.2, 0.25) is 0 Å². The summed E-state index contributed by atoms with van der Waals surface area (Å²) in [6.07, 6.45) is 8.99. The van der Waals surface area contributed by atoms with Crippen molar-refractivity contribution >= 4 is 0 Å². The minimum absolute atomic E-state index is 1.23. The predicted molar refractivity (Wildman–Crippen MR) is 44.0 cm³/mol. The third kappa shape index (κ3) is 3.01. The van der Waals surface area contributed by atoms with Crippen molar-refractivity contribution in [2.45, 2.75) is 19.8 Å². The van der Waals surface area contributed by atoms with Gasteiger partial charge in [-0.25, -0.2) is 0 Å². The largest absolute Gasteiger partial charge is 0.512 e. The van der Waals surface area contributed by atoms with Gasteiger partial charge >= 0.3 is 0 Å². The SMILES string of the molecule is CCCC1=CC=C[NH+]1C.[C-]#N. The first-order chi connectivity index (χ1) is 5.34. The molecule has 0 saturated carbocycles. The molecule has 0 aromatic rings. The van der Waals surface area contributed by atoms with Crippen LogP contribution in [0.25, 0.3) is 0 Å². The molecule has 1 atom stereocenters. The number of hydrogen-bond acceptors (Lipinski definition) is 1. The fraction of sp³-hybridized carbons (Fsp3) is 0.444. The zero-order valence-corrected chi connectivity index (χ0v) is 7.09. The zero-order chi connectivity index (χ0) is 8.69. The lowest BCUT2D eigenvalue weighted by Gasteiger charge is -2.05. The Labute approximate surface area is 68.4 Å². The van der Waals surface area contributed by atoms with E-state index >= 15 is 0 Å². The topological polar surface area (TPSA) is 28.2 Å². The molecule has 1 N–H and O–H groups in total. The molecule has 1 heterocycles. The van der Waals surface area contributed by atoms with Crippen LogP contribution in [-0.2, 0) is 0 Å².